The summed E-state index contributed by atoms with van der Waals surface area (Å²) in [4.78, 5) is 15.3. The summed E-state index contributed by atoms with van der Waals surface area (Å²) in [5.41, 5.74) is 2.09. The number of pyridine rings is 1. The van der Waals surface area contributed by atoms with E-state index in [0.717, 1.165) is 16.1 Å². The molecule has 0 radical (unpaired) electrons. The van der Waals surface area contributed by atoms with Crippen LogP contribution in [0, 0.1) is 6.92 Å². The van der Waals surface area contributed by atoms with E-state index in [1.54, 1.807) is 12.3 Å². The van der Waals surface area contributed by atoms with Gasteiger partial charge in [0.1, 0.15) is 0 Å². The van der Waals surface area contributed by atoms with Crippen molar-refractivity contribution >= 4 is 30.0 Å². The molecule has 0 fully saturated rings. The third-order valence-corrected chi connectivity index (χ3v) is 3.07. The van der Waals surface area contributed by atoms with Crippen LogP contribution in [0.3, 0.4) is 0 Å². The Morgan fingerprint density at radius 3 is 2.94 bits per heavy atom. The largest absolute Gasteiger partial charge is 0.418 e. The van der Waals surface area contributed by atoms with Crippen LogP contribution in [0.15, 0.2) is 30.5 Å². The van der Waals surface area contributed by atoms with Crippen molar-refractivity contribution in [2.75, 3.05) is 0 Å². The highest BCUT2D eigenvalue weighted by atomic mass is 32.1. The highest BCUT2D eigenvalue weighted by molar-refractivity contribution is 7.14. The fourth-order valence-corrected chi connectivity index (χ4v) is 2.11. The number of rotatable bonds is 4. The maximum Gasteiger partial charge on any atom is 0.299 e. The lowest BCUT2D eigenvalue weighted by Gasteiger charge is -1.94. The van der Waals surface area contributed by atoms with Crippen molar-refractivity contribution in [2.24, 2.45) is 0 Å². The van der Waals surface area contributed by atoms with Crippen LogP contribution in [0.2, 0.25) is 0 Å². The van der Waals surface area contributed by atoms with Crippen LogP contribution in [-0.4, -0.2) is 11.5 Å². The molecule has 2 aromatic rings. The number of nitrogens with zero attached hydrogens (tertiary/aromatic N) is 1. The number of carbonyl (C=O) groups is 1. The molecule has 0 N–H and O–H groups in total. The third-order valence-electron chi connectivity index (χ3n) is 2.13. The van der Waals surface area contributed by atoms with Crippen molar-refractivity contribution in [3.63, 3.8) is 0 Å². The second-order valence-electron chi connectivity index (χ2n) is 3.43. The van der Waals surface area contributed by atoms with Gasteiger partial charge in [-0.05, 0) is 42.8 Å². The Hall–Kier alpha value is -1.94. The highest BCUT2D eigenvalue weighted by Crippen LogP contribution is 2.25. The molecule has 2 heterocycles. The van der Waals surface area contributed by atoms with Gasteiger partial charge in [0.15, 0.2) is 5.06 Å². The van der Waals surface area contributed by atoms with Gasteiger partial charge in [-0.15, -0.1) is 0 Å². The van der Waals surface area contributed by atoms with E-state index in [9.17, 15) is 4.79 Å². The zero-order chi connectivity index (χ0) is 12.1. The SMILES string of the molecule is Cc1cc(/C=C/c2ccc(OC=O)s2)ccn1. The van der Waals surface area contributed by atoms with E-state index in [-0.39, 0.29) is 0 Å². The Kier molecular flexibility index (Phi) is 3.67. The first-order chi connectivity index (χ1) is 8.28. The van der Waals surface area contributed by atoms with Gasteiger partial charge < -0.3 is 4.74 Å². The van der Waals surface area contributed by atoms with Crippen molar-refractivity contribution < 1.29 is 9.53 Å². The minimum Gasteiger partial charge on any atom is -0.418 e. The van der Waals surface area contributed by atoms with E-state index in [2.05, 4.69) is 4.98 Å². The molecule has 0 aliphatic heterocycles. The molecule has 0 unspecified atom stereocenters. The van der Waals surface area contributed by atoms with E-state index in [4.69, 9.17) is 4.74 Å². The van der Waals surface area contributed by atoms with Gasteiger partial charge >= 0.3 is 0 Å². The zero-order valence-corrected chi connectivity index (χ0v) is 10.1. The number of hydrogen-bond donors (Lipinski definition) is 0. The average molecular weight is 245 g/mol. The van der Waals surface area contributed by atoms with Crippen molar-refractivity contribution in [2.45, 2.75) is 6.92 Å². The molecular weight excluding hydrogens is 234 g/mol. The van der Waals surface area contributed by atoms with Gasteiger partial charge in [-0.2, -0.15) is 0 Å². The summed E-state index contributed by atoms with van der Waals surface area (Å²) in [6.45, 7) is 2.39. The third kappa shape index (κ3) is 3.26. The zero-order valence-electron chi connectivity index (χ0n) is 9.29. The second-order valence-corrected chi connectivity index (χ2v) is 4.51. The number of aryl methyl sites for hydroxylation is 1. The molecule has 17 heavy (non-hydrogen) atoms. The Balaban J connectivity index is 2.11. The summed E-state index contributed by atoms with van der Waals surface area (Å²) in [6.07, 6.45) is 5.77. The number of hydrogen-bond acceptors (Lipinski definition) is 4. The summed E-state index contributed by atoms with van der Waals surface area (Å²) in [5, 5.41) is 0.602. The van der Waals surface area contributed by atoms with Crippen molar-refractivity contribution in [1.82, 2.24) is 4.98 Å². The molecule has 0 bridgehead atoms. The maximum atomic E-state index is 10.2. The summed E-state index contributed by atoms with van der Waals surface area (Å²) < 4.78 is 4.75. The first-order valence-corrected chi connectivity index (χ1v) is 5.90. The number of ether oxygens (including phenoxy) is 1. The van der Waals surface area contributed by atoms with Crippen LogP contribution < -0.4 is 4.74 Å². The molecule has 4 heteroatoms. The van der Waals surface area contributed by atoms with Gasteiger partial charge in [-0.3, -0.25) is 9.78 Å². The van der Waals surface area contributed by atoms with Crippen molar-refractivity contribution in [3.8, 4) is 5.06 Å². The van der Waals surface area contributed by atoms with Gasteiger partial charge in [0.2, 0.25) is 0 Å². The van der Waals surface area contributed by atoms with Gasteiger partial charge in [0.05, 0.1) is 0 Å². The molecule has 3 nitrogen and oxygen atoms in total. The minimum absolute atomic E-state index is 0.436. The van der Waals surface area contributed by atoms with Crippen LogP contribution >= 0.6 is 11.3 Å². The fourth-order valence-electron chi connectivity index (χ4n) is 1.38. The topological polar surface area (TPSA) is 39.2 Å². The number of carbonyl (C=O) groups excluding carboxylic acids is 1. The Bertz CT molecular complexity index is 546. The molecule has 0 saturated carbocycles. The van der Waals surface area contributed by atoms with Gasteiger partial charge in [-0.1, -0.05) is 17.4 Å². The van der Waals surface area contributed by atoms with E-state index < -0.39 is 0 Å². The lowest BCUT2D eigenvalue weighted by atomic mass is 10.2. The molecule has 2 aromatic heterocycles. The summed E-state index contributed by atoms with van der Waals surface area (Å²) >= 11 is 1.42. The molecule has 0 atom stereocenters. The highest BCUT2D eigenvalue weighted by Gasteiger charge is 1.97. The first kappa shape index (κ1) is 11.5. The molecule has 0 saturated heterocycles. The Labute approximate surface area is 103 Å². The summed E-state index contributed by atoms with van der Waals surface area (Å²) in [7, 11) is 0. The Morgan fingerprint density at radius 2 is 2.18 bits per heavy atom. The average Bonchev–Trinajstić information content (AvgIpc) is 2.75. The van der Waals surface area contributed by atoms with Crippen LogP contribution in [0.5, 0.6) is 5.06 Å². The minimum atomic E-state index is 0.436. The molecule has 0 spiro atoms. The normalized spacial score (nSPS) is 10.6. The van der Waals surface area contributed by atoms with Gasteiger partial charge in [-0.25, -0.2) is 0 Å². The lowest BCUT2D eigenvalue weighted by molar-refractivity contribution is -0.120. The van der Waals surface area contributed by atoms with Gasteiger partial charge in [0, 0.05) is 16.8 Å². The summed E-state index contributed by atoms with van der Waals surface area (Å²) in [5.74, 6) is 0. The van der Waals surface area contributed by atoms with Crippen LogP contribution in [-0.2, 0) is 4.79 Å². The lowest BCUT2D eigenvalue weighted by Crippen LogP contribution is -1.82. The second kappa shape index (κ2) is 5.41. The predicted octanol–water partition coefficient (Wildman–Crippen LogP) is 3.16. The van der Waals surface area contributed by atoms with E-state index in [0.29, 0.717) is 11.5 Å². The maximum absolute atomic E-state index is 10.2. The van der Waals surface area contributed by atoms with E-state index in [1.807, 2.05) is 37.3 Å². The smallest absolute Gasteiger partial charge is 0.299 e. The van der Waals surface area contributed by atoms with Crippen molar-refractivity contribution in [3.05, 3.63) is 46.6 Å². The first-order valence-electron chi connectivity index (χ1n) is 5.09. The fraction of sp³-hybridized carbons (Fsp3) is 0.0769. The monoisotopic (exact) mass is 245 g/mol. The number of aromatic nitrogens is 1. The molecule has 0 aliphatic carbocycles. The molecular formula is C13H11NO2S. The predicted molar refractivity (Wildman–Crippen MR) is 68.9 cm³/mol. The number of thiophene rings is 1. The molecule has 2 rings (SSSR count). The van der Waals surface area contributed by atoms with Crippen molar-refractivity contribution in [1.29, 1.82) is 0 Å². The van der Waals surface area contributed by atoms with Crippen LogP contribution in [0.1, 0.15) is 16.1 Å². The Morgan fingerprint density at radius 1 is 1.29 bits per heavy atom. The molecule has 0 amide bonds. The summed E-state index contributed by atoms with van der Waals surface area (Å²) in [6, 6.07) is 7.64. The quantitative estimate of drug-likeness (QED) is 0.777. The molecule has 86 valence electrons. The standard InChI is InChI=1S/C13H11NO2S/c1-10-8-11(6-7-14-10)2-3-12-4-5-13(17-12)16-9-15/h2-9H,1H3/b3-2+. The van der Waals surface area contributed by atoms with Gasteiger partial charge in [0.25, 0.3) is 6.47 Å². The van der Waals surface area contributed by atoms with E-state index >= 15 is 0 Å². The van der Waals surface area contributed by atoms with Crippen LogP contribution in [0.25, 0.3) is 12.2 Å². The molecule has 0 aliphatic rings. The van der Waals surface area contributed by atoms with Crippen LogP contribution in [0.4, 0.5) is 0 Å². The molecule has 0 aromatic carbocycles. The van der Waals surface area contributed by atoms with E-state index in [1.165, 1.54) is 11.3 Å².